The predicted molar refractivity (Wildman–Crippen MR) is 52.8 cm³/mol. The molecule has 0 bridgehead atoms. The van der Waals surface area contributed by atoms with Crippen molar-refractivity contribution in [2.24, 2.45) is 0 Å². The van der Waals surface area contributed by atoms with E-state index in [-0.39, 0.29) is 24.7 Å². The molecule has 0 aliphatic rings. The zero-order valence-electron chi connectivity index (χ0n) is 8.76. The van der Waals surface area contributed by atoms with Crippen molar-refractivity contribution in [1.82, 2.24) is 10.6 Å². The van der Waals surface area contributed by atoms with Gasteiger partial charge < -0.3 is 15.4 Å². The van der Waals surface area contributed by atoms with E-state index in [0.717, 1.165) is 6.42 Å². The Bertz CT molecular complexity index is 183. The maximum Gasteiger partial charge on any atom is 0.220 e. The fourth-order valence-electron chi connectivity index (χ4n) is 0.885. The number of ether oxygens (including phenoxy) is 1. The first-order valence-electron chi connectivity index (χ1n) is 4.67. The van der Waals surface area contributed by atoms with E-state index in [1.165, 1.54) is 0 Å². The van der Waals surface area contributed by atoms with Gasteiger partial charge in [0.05, 0.1) is 0 Å². The summed E-state index contributed by atoms with van der Waals surface area (Å²) in [6, 6.07) is 0. The summed E-state index contributed by atoms with van der Waals surface area (Å²) in [6.45, 7) is 1.23. The van der Waals surface area contributed by atoms with E-state index < -0.39 is 0 Å². The highest BCUT2D eigenvalue weighted by Crippen LogP contribution is 1.88. The molecule has 0 unspecified atom stereocenters. The minimum atomic E-state index is -0.114. The Hall–Kier alpha value is -1.10. The van der Waals surface area contributed by atoms with E-state index in [1.54, 1.807) is 14.2 Å². The van der Waals surface area contributed by atoms with Crippen LogP contribution in [-0.2, 0) is 14.3 Å². The molecule has 0 aliphatic carbocycles. The first-order valence-corrected chi connectivity index (χ1v) is 4.67. The van der Waals surface area contributed by atoms with E-state index in [0.29, 0.717) is 13.2 Å². The highest BCUT2D eigenvalue weighted by atomic mass is 16.5. The molecule has 5 nitrogen and oxygen atoms in total. The van der Waals surface area contributed by atoms with Crippen molar-refractivity contribution >= 4 is 11.8 Å². The maximum atomic E-state index is 11.1. The van der Waals surface area contributed by atoms with Crippen LogP contribution in [0.15, 0.2) is 0 Å². The number of hydrogen-bond donors (Lipinski definition) is 2. The fourth-order valence-corrected chi connectivity index (χ4v) is 0.885. The SMILES string of the molecule is CNC(=O)CCC(=O)NCCCOC. The summed E-state index contributed by atoms with van der Waals surface area (Å²) in [5.74, 6) is -0.207. The lowest BCUT2D eigenvalue weighted by atomic mass is 10.3. The number of carbonyl (C=O) groups excluding carboxylic acids is 2. The zero-order valence-corrected chi connectivity index (χ0v) is 8.76. The number of amides is 2. The molecular formula is C9H18N2O3. The molecule has 0 aromatic heterocycles. The van der Waals surface area contributed by atoms with Gasteiger partial charge in [0.25, 0.3) is 0 Å². The van der Waals surface area contributed by atoms with E-state index in [1.807, 2.05) is 0 Å². The topological polar surface area (TPSA) is 67.4 Å². The number of nitrogens with one attached hydrogen (secondary N) is 2. The van der Waals surface area contributed by atoms with Gasteiger partial charge in [-0.2, -0.15) is 0 Å². The number of rotatable bonds is 7. The Morgan fingerprint density at radius 2 is 1.86 bits per heavy atom. The average molecular weight is 202 g/mol. The van der Waals surface area contributed by atoms with Gasteiger partial charge >= 0.3 is 0 Å². The van der Waals surface area contributed by atoms with Crippen LogP contribution in [0.1, 0.15) is 19.3 Å². The Kier molecular flexibility index (Phi) is 7.83. The van der Waals surface area contributed by atoms with Gasteiger partial charge in [0.15, 0.2) is 0 Å². The smallest absolute Gasteiger partial charge is 0.220 e. The minimum Gasteiger partial charge on any atom is -0.385 e. The molecule has 0 fully saturated rings. The third-order valence-electron chi connectivity index (χ3n) is 1.71. The molecule has 2 amide bonds. The molecule has 0 saturated carbocycles. The molecule has 2 N–H and O–H groups in total. The molecule has 0 aliphatic heterocycles. The summed E-state index contributed by atoms with van der Waals surface area (Å²) < 4.78 is 4.82. The summed E-state index contributed by atoms with van der Waals surface area (Å²) in [7, 11) is 3.17. The molecule has 82 valence electrons. The lowest BCUT2D eigenvalue weighted by Gasteiger charge is -2.03. The van der Waals surface area contributed by atoms with Crippen molar-refractivity contribution in [2.45, 2.75) is 19.3 Å². The van der Waals surface area contributed by atoms with Gasteiger partial charge in [0, 0.05) is 40.2 Å². The fraction of sp³-hybridized carbons (Fsp3) is 0.778. The van der Waals surface area contributed by atoms with E-state index in [9.17, 15) is 9.59 Å². The summed E-state index contributed by atoms with van der Waals surface area (Å²) in [5, 5.41) is 5.16. The van der Waals surface area contributed by atoms with Crippen LogP contribution in [0.2, 0.25) is 0 Å². The molecular weight excluding hydrogens is 184 g/mol. The molecule has 0 aromatic carbocycles. The molecule has 14 heavy (non-hydrogen) atoms. The first-order chi connectivity index (χ1) is 6.70. The molecule has 0 spiro atoms. The van der Waals surface area contributed by atoms with Crippen LogP contribution < -0.4 is 10.6 Å². The van der Waals surface area contributed by atoms with Gasteiger partial charge in [-0.25, -0.2) is 0 Å². The molecule has 5 heteroatoms. The monoisotopic (exact) mass is 202 g/mol. The van der Waals surface area contributed by atoms with Crippen LogP contribution in [-0.4, -0.2) is 39.1 Å². The molecule has 0 atom stereocenters. The standard InChI is InChI=1S/C9H18N2O3/c1-10-8(12)4-5-9(13)11-6-3-7-14-2/h3-7H2,1-2H3,(H,10,12)(H,11,13). The van der Waals surface area contributed by atoms with E-state index >= 15 is 0 Å². The number of carbonyl (C=O) groups is 2. The summed E-state index contributed by atoms with van der Waals surface area (Å²) in [4.78, 5) is 21.9. The van der Waals surface area contributed by atoms with Crippen LogP contribution >= 0.6 is 0 Å². The van der Waals surface area contributed by atoms with Gasteiger partial charge in [0.2, 0.25) is 11.8 Å². The average Bonchev–Trinajstić information content (AvgIpc) is 2.21. The van der Waals surface area contributed by atoms with E-state index in [4.69, 9.17) is 4.74 Å². The third-order valence-corrected chi connectivity index (χ3v) is 1.71. The van der Waals surface area contributed by atoms with E-state index in [2.05, 4.69) is 10.6 Å². The van der Waals surface area contributed by atoms with Gasteiger partial charge in [-0.05, 0) is 6.42 Å². The second-order valence-corrected chi connectivity index (χ2v) is 2.87. The quantitative estimate of drug-likeness (QED) is 0.555. The molecule has 0 saturated heterocycles. The van der Waals surface area contributed by atoms with Crippen LogP contribution in [0.3, 0.4) is 0 Å². The molecule has 0 radical (unpaired) electrons. The Morgan fingerprint density at radius 1 is 1.21 bits per heavy atom. The predicted octanol–water partition coefficient (Wildman–Crippen LogP) is -0.335. The second-order valence-electron chi connectivity index (χ2n) is 2.87. The van der Waals surface area contributed by atoms with Crippen LogP contribution in [0.4, 0.5) is 0 Å². The van der Waals surface area contributed by atoms with Crippen LogP contribution in [0.25, 0.3) is 0 Å². The van der Waals surface area contributed by atoms with Crippen molar-refractivity contribution in [3.05, 3.63) is 0 Å². The second kappa shape index (κ2) is 8.50. The molecule has 0 heterocycles. The van der Waals surface area contributed by atoms with Gasteiger partial charge in [0.1, 0.15) is 0 Å². The third kappa shape index (κ3) is 7.54. The van der Waals surface area contributed by atoms with Crippen molar-refractivity contribution in [2.75, 3.05) is 27.3 Å². The highest BCUT2D eigenvalue weighted by molar-refractivity contribution is 5.83. The van der Waals surface area contributed by atoms with Crippen molar-refractivity contribution in [1.29, 1.82) is 0 Å². The van der Waals surface area contributed by atoms with Crippen LogP contribution in [0, 0.1) is 0 Å². The lowest BCUT2D eigenvalue weighted by Crippen LogP contribution is -2.27. The first kappa shape index (κ1) is 12.9. The lowest BCUT2D eigenvalue weighted by molar-refractivity contribution is -0.126. The Morgan fingerprint density at radius 3 is 2.43 bits per heavy atom. The summed E-state index contributed by atoms with van der Waals surface area (Å²) in [5.41, 5.74) is 0. The summed E-state index contributed by atoms with van der Waals surface area (Å²) >= 11 is 0. The highest BCUT2D eigenvalue weighted by Gasteiger charge is 2.03. The zero-order chi connectivity index (χ0) is 10.8. The molecule has 0 aromatic rings. The van der Waals surface area contributed by atoms with Gasteiger partial charge in [-0.15, -0.1) is 0 Å². The number of hydrogen-bond acceptors (Lipinski definition) is 3. The van der Waals surface area contributed by atoms with Gasteiger partial charge in [-0.1, -0.05) is 0 Å². The van der Waals surface area contributed by atoms with Gasteiger partial charge in [-0.3, -0.25) is 9.59 Å². The van der Waals surface area contributed by atoms with Crippen molar-refractivity contribution in [3.8, 4) is 0 Å². The minimum absolute atomic E-state index is 0.0929. The largest absolute Gasteiger partial charge is 0.385 e. The Balaban J connectivity index is 3.32. The normalized spacial score (nSPS) is 9.57. The van der Waals surface area contributed by atoms with Crippen LogP contribution in [0.5, 0.6) is 0 Å². The summed E-state index contributed by atoms with van der Waals surface area (Å²) in [6.07, 6.45) is 1.28. The van der Waals surface area contributed by atoms with Crippen molar-refractivity contribution < 1.29 is 14.3 Å². The maximum absolute atomic E-state index is 11.1. The molecule has 0 rings (SSSR count). The van der Waals surface area contributed by atoms with Crippen molar-refractivity contribution in [3.63, 3.8) is 0 Å². The Labute approximate surface area is 84.2 Å². The number of methoxy groups -OCH3 is 1.